The van der Waals surface area contributed by atoms with Crippen molar-refractivity contribution in [2.24, 2.45) is 0 Å². The topological polar surface area (TPSA) is 26.3 Å². The van der Waals surface area contributed by atoms with Crippen LogP contribution in [0.25, 0.3) is 21.5 Å². The lowest BCUT2D eigenvalue weighted by molar-refractivity contribution is -0.00302. The third-order valence-electron chi connectivity index (χ3n) is 6.16. The summed E-state index contributed by atoms with van der Waals surface area (Å²) >= 11 is 6.70. The number of esters is 1. The Bertz CT molecular complexity index is 1260. The van der Waals surface area contributed by atoms with Gasteiger partial charge in [0.05, 0.1) is 5.56 Å². The van der Waals surface area contributed by atoms with Crippen LogP contribution >= 0.6 is 11.6 Å². The summed E-state index contributed by atoms with van der Waals surface area (Å²) in [5.74, 6) is 0.115. The Balaban J connectivity index is 1.65. The summed E-state index contributed by atoms with van der Waals surface area (Å²) < 4.78 is 5.93. The van der Waals surface area contributed by atoms with Crippen LogP contribution < -0.4 is 0 Å². The van der Waals surface area contributed by atoms with E-state index in [1.165, 1.54) is 10.9 Å². The number of carbonyl (C=O) groups is 1. The van der Waals surface area contributed by atoms with Crippen LogP contribution in [0, 0.1) is 0 Å². The van der Waals surface area contributed by atoms with Gasteiger partial charge in [-0.05, 0) is 77.6 Å². The maximum atomic E-state index is 12.9. The van der Waals surface area contributed by atoms with Crippen LogP contribution in [-0.2, 0) is 10.3 Å². The fourth-order valence-corrected chi connectivity index (χ4v) is 4.41. The molecule has 31 heavy (non-hydrogen) atoms. The summed E-state index contributed by atoms with van der Waals surface area (Å²) in [5.41, 5.74) is 1.69. The van der Waals surface area contributed by atoms with E-state index in [0.29, 0.717) is 16.5 Å². The zero-order valence-electron chi connectivity index (χ0n) is 18.4. The summed E-state index contributed by atoms with van der Waals surface area (Å²) in [7, 11) is 0. The average Bonchev–Trinajstić information content (AvgIpc) is 2.77. The molecule has 0 amide bonds. The van der Waals surface area contributed by atoms with Gasteiger partial charge in [0, 0.05) is 10.6 Å². The monoisotopic (exact) mass is 430 g/mol. The van der Waals surface area contributed by atoms with E-state index in [-0.39, 0.29) is 5.97 Å². The predicted molar refractivity (Wildman–Crippen MR) is 130 cm³/mol. The van der Waals surface area contributed by atoms with Crippen LogP contribution in [0.3, 0.4) is 0 Å². The van der Waals surface area contributed by atoms with E-state index in [0.717, 1.165) is 28.1 Å². The second-order valence-corrected chi connectivity index (χ2v) is 9.08. The van der Waals surface area contributed by atoms with Crippen molar-refractivity contribution in [1.82, 2.24) is 0 Å². The van der Waals surface area contributed by atoms with E-state index >= 15 is 0 Å². The lowest BCUT2D eigenvalue weighted by Gasteiger charge is -2.27. The lowest BCUT2D eigenvalue weighted by Crippen LogP contribution is -2.26. The Morgan fingerprint density at radius 2 is 1.61 bits per heavy atom. The molecule has 0 aliphatic carbocycles. The van der Waals surface area contributed by atoms with Gasteiger partial charge in [0.2, 0.25) is 0 Å². The van der Waals surface area contributed by atoms with Crippen molar-refractivity contribution in [3.8, 4) is 0 Å². The molecule has 4 aromatic carbocycles. The highest BCUT2D eigenvalue weighted by atomic mass is 35.5. The minimum Gasteiger partial charge on any atom is -0.451 e. The summed E-state index contributed by atoms with van der Waals surface area (Å²) in [4.78, 5) is 12.9. The molecule has 0 aromatic heterocycles. The molecule has 0 radical (unpaired) electrons. The highest BCUT2D eigenvalue weighted by molar-refractivity contribution is 6.32. The number of carbonyl (C=O) groups excluding carboxylic acids is 1. The maximum absolute atomic E-state index is 12.9. The molecule has 0 fully saturated rings. The summed E-state index contributed by atoms with van der Waals surface area (Å²) in [6, 6.07) is 24.1. The second-order valence-electron chi connectivity index (χ2n) is 8.67. The van der Waals surface area contributed by atoms with Crippen LogP contribution in [0.2, 0.25) is 5.02 Å². The number of benzene rings is 4. The molecule has 0 saturated heterocycles. The third-order valence-corrected chi connectivity index (χ3v) is 6.47. The molecule has 4 aromatic rings. The summed E-state index contributed by atoms with van der Waals surface area (Å²) in [6.07, 6.45) is 1.06. The van der Waals surface area contributed by atoms with Gasteiger partial charge >= 0.3 is 5.97 Å². The number of fused-ring (bicyclic) bond motifs is 3. The van der Waals surface area contributed by atoms with Crippen molar-refractivity contribution in [2.45, 2.75) is 45.6 Å². The largest absolute Gasteiger partial charge is 0.451 e. The van der Waals surface area contributed by atoms with E-state index in [1.54, 1.807) is 0 Å². The molecule has 0 N–H and O–H groups in total. The van der Waals surface area contributed by atoms with Crippen molar-refractivity contribution in [2.75, 3.05) is 0 Å². The minimum absolute atomic E-state index is 0.352. The molecule has 158 valence electrons. The second kappa shape index (κ2) is 8.36. The Morgan fingerprint density at radius 1 is 0.935 bits per heavy atom. The van der Waals surface area contributed by atoms with Gasteiger partial charge in [-0.25, -0.2) is 4.79 Å². The fraction of sp³-hybridized carbons (Fsp3) is 0.250. The van der Waals surface area contributed by atoms with Gasteiger partial charge in [-0.1, -0.05) is 74.0 Å². The summed E-state index contributed by atoms with van der Waals surface area (Å²) in [6.45, 7) is 8.10. The summed E-state index contributed by atoms with van der Waals surface area (Å²) in [5, 5.41) is 5.08. The normalized spacial score (nSPS) is 12.8. The molecule has 1 unspecified atom stereocenters. The molecular formula is C28H27ClO2. The standard InChI is InChI=1S/C28H27ClO2/c1-5-18(2)19-10-13-21(14-11-19)27(30)31-28(3,4)25-16-22-15-12-20-8-6-7-9-23(20)24(22)17-26(25)29/h6-18H,5H2,1-4H3. The zero-order valence-corrected chi connectivity index (χ0v) is 19.2. The SMILES string of the molecule is CCC(C)c1ccc(C(=O)OC(C)(C)c2cc3ccc4ccccc4c3cc2Cl)cc1. The van der Waals surface area contributed by atoms with Crippen LogP contribution in [0.4, 0.5) is 0 Å². The molecule has 0 bridgehead atoms. The molecule has 0 saturated carbocycles. The fourth-order valence-electron chi connectivity index (χ4n) is 4.02. The molecule has 4 rings (SSSR count). The molecule has 0 aliphatic rings. The number of hydrogen-bond acceptors (Lipinski definition) is 2. The molecule has 2 nitrogen and oxygen atoms in total. The first-order valence-electron chi connectivity index (χ1n) is 10.7. The molecule has 1 atom stereocenters. The van der Waals surface area contributed by atoms with Gasteiger partial charge in [-0.3, -0.25) is 0 Å². The van der Waals surface area contributed by atoms with E-state index in [4.69, 9.17) is 16.3 Å². The van der Waals surface area contributed by atoms with E-state index < -0.39 is 5.60 Å². The van der Waals surface area contributed by atoms with Crippen LogP contribution in [0.1, 0.15) is 61.5 Å². The minimum atomic E-state index is -0.872. The number of halogens is 1. The Labute approximate surface area is 188 Å². The lowest BCUT2D eigenvalue weighted by atomic mass is 9.93. The van der Waals surface area contributed by atoms with Gasteiger partial charge in [0.25, 0.3) is 0 Å². The highest BCUT2D eigenvalue weighted by Crippen LogP contribution is 2.37. The van der Waals surface area contributed by atoms with E-state index in [1.807, 2.05) is 62.4 Å². The van der Waals surface area contributed by atoms with Crippen molar-refractivity contribution in [3.63, 3.8) is 0 Å². The third kappa shape index (κ3) is 4.18. The first kappa shape index (κ1) is 21.4. The predicted octanol–water partition coefficient (Wildman–Crippen LogP) is 8.25. The first-order chi connectivity index (χ1) is 14.8. The van der Waals surface area contributed by atoms with Crippen LogP contribution in [0.5, 0.6) is 0 Å². The number of ether oxygens (including phenoxy) is 1. The van der Waals surface area contributed by atoms with E-state index in [2.05, 4.69) is 38.1 Å². The van der Waals surface area contributed by atoms with Crippen LogP contribution in [-0.4, -0.2) is 5.97 Å². The molecule has 0 heterocycles. The van der Waals surface area contributed by atoms with Crippen molar-refractivity contribution < 1.29 is 9.53 Å². The van der Waals surface area contributed by atoms with Gasteiger partial charge in [-0.15, -0.1) is 0 Å². The Morgan fingerprint density at radius 3 is 2.32 bits per heavy atom. The van der Waals surface area contributed by atoms with Crippen molar-refractivity contribution in [3.05, 3.63) is 94.5 Å². The first-order valence-corrected chi connectivity index (χ1v) is 11.1. The van der Waals surface area contributed by atoms with E-state index in [9.17, 15) is 4.79 Å². The number of hydrogen-bond donors (Lipinski definition) is 0. The van der Waals surface area contributed by atoms with Gasteiger partial charge < -0.3 is 4.74 Å². The zero-order chi connectivity index (χ0) is 22.2. The number of rotatable bonds is 5. The van der Waals surface area contributed by atoms with Gasteiger partial charge in [-0.2, -0.15) is 0 Å². The quantitative estimate of drug-likeness (QED) is 0.235. The van der Waals surface area contributed by atoms with Gasteiger partial charge in [0.15, 0.2) is 0 Å². The van der Waals surface area contributed by atoms with Crippen molar-refractivity contribution in [1.29, 1.82) is 0 Å². The molecule has 0 spiro atoms. The van der Waals surface area contributed by atoms with Crippen molar-refractivity contribution >= 4 is 39.1 Å². The van der Waals surface area contributed by atoms with Gasteiger partial charge in [0.1, 0.15) is 5.60 Å². The molecule has 0 aliphatic heterocycles. The van der Waals surface area contributed by atoms with Crippen LogP contribution in [0.15, 0.2) is 72.8 Å². The Kier molecular flexibility index (Phi) is 5.77. The highest BCUT2D eigenvalue weighted by Gasteiger charge is 2.29. The molecular weight excluding hydrogens is 404 g/mol. The average molecular weight is 431 g/mol. The maximum Gasteiger partial charge on any atom is 0.338 e. The molecule has 3 heteroatoms. The Hall–Kier alpha value is -2.84. The smallest absolute Gasteiger partial charge is 0.338 e.